The second-order valence-corrected chi connectivity index (χ2v) is 8.08. The molecule has 27 heavy (non-hydrogen) atoms. The summed E-state index contributed by atoms with van der Waals surface area (Å²) in [5.74, 6) is 1.60. The van der Waals surface area contributed by atoms with Crippen LogP contribution in [0.5, 0.6) is 5.75 Å². The summed E-state index contributed by atoms with van der Waals surface area (Å²) in [5, 5.41) is 3.57. The van der Waals surface area contributed by atoms with Gasteiger partial charge in [-0.1, -0.05) is 17.7 Å². The predicted octanol–water partition coefficient (Wildman–Crippen LogP) is 3.91. The average molecular weight is 362 g/mol. The zero-order chi connectivity index (χ0) is 18.5. The fraction of sp³-hybridized carbons (Fsp3) is 0.435. The zero-order valence-electron chi connectivity index (χ0n) is 16.0. The smallest absolute Gasteiger partial charge is 0.160 e. The molecule has 3 aliphatic heterocycles. The average Bonchev–Trinajstić information content (AvgIpc) is 2.83. The van der Waals surface area contributed by atoms with Crippen molar-refractivity contribution in [2.24, 2.45) is 0 Å². The summed E-state index contributed by atoms with van der Waals surface area (Å²) in [4.78, 5) is 14.9. The quantitative estimate of drug-likeness (QED) is 0.823. The Bertz CT molecular complexity index is 921. The van der Waals surface area contributed by atoms with Crippen molar-refractivity contribution in [3.8, 4) is 16.9 Å². The molecule has 0 aliphatic carbocycles. The van der Waals surface area contributed by atoms with Crippen molar-refractivity contribution in [3.05, 3.63) is 47.0 Å². The Hall–Kier alpha value is -2.33. The monoisotopic (exact) mass is 362 g/mol. The van der Waals surface area contributed by atoms with Gasteiger partial charge in [0.1, 0.15) is 5.75 Å². The molecule has 1 fully saturated rings. The Morgan fingerprint density at radius 2 is 2.15 bits per heavy atom. The van der Waals surface area contributed by atoms with Gasteiger partial charge >= 0.3 is 0 Å². The van der Waals surface area contributed by atoms with E-state index in [1.807, 2.05) is 13.0 Å². The first-order chi connectivity index (χ1) is 13.1. The van der Waals surface area contributed by atoms with Crippen LogP contribution < -0.4 is 15.0 Å². The van der Waals surface area contributed by atoms with Crippen LogP contribution in [0.4, 0.5) is 5.69 Å². The van der Waals surface area contributed by atoms with Gasteiger partial charge in [-0.2, -0.15) is 0 Å². The number of carbonyl (C=O) groups excluding carboxylic acids is 1. The number of nitrogens with zero attached hydrogens (tertiary/aromatic N) is 1. The maximum atomic E-state index is 12.3. The number of carbonyl (C=O) groups is 1. The third kappa shape index (κ3) is 2.66. The van der Waals surface area contributed by atoms with E-state index in [0.717, 1.165) is 60.7 Å². The van der Waals surface area contributed by atoms with Crippen LogP contribution in [-0.4, -0.2) is 38.1 Å². The number of ether oxygens (including phenoxy) is 1. The maximum absolute atomic E-state index is 12.3. The molecule has 140 valence electrons. The van der Waals surface area contributed by atoms with Crippen molar-refractivity contribution in [1.82, 2.24) is 5.32 Å². The number of fused-ring (bicyclic) bond motifs is 3. The van der Waals surface area contributed by atoms with Gasteiger partial charge in [0.25, 0.3) is 0 Å². The molecule has 0 spiro atoms. The van der Waals surface area contributed by atoms with E-state index < -0.39 is 0 Å². The fourth-order valence-electron chi connectivity index (χ4n) is 5.08. The predicted molar refractivity (Wildman–Crippen MR) is 108 cm³/mol. The normalized spacial score (nSPS) is 23.3. The van der Waals surface area contributed by atoms with E-state index in [4.69, 9.17) is 4.74 Å². The minimum atomic E-state index is 0.111. The van der Waals surface area contributed by atoms with E-state index >= 15 is 0 Å². The van der Waals surface area contributed by atoms with Crippen LogP contribution in [0.1, 0.15) is 47.2 Å². The van der Waals surface area contributed by atoms with Crippen molar-refractivity contribution in [2.75, 3.05) is 31.1 Å². The highest BCUT2D eigenvalue weighted by molar-refractivity contribution is 6.01. The summed E-state index contributed by atoms with van der Waals surface area (Å²) in [6.07, 6.45) is 2.24. The van der Waals surface area contributed by atoms with Crippen LogP contribution in [0.3, 0.4) is 0 Å². The molecule has 0 saturated carbocycles. The number of hydrogen-bond acceptors (Lipinski definition) is 4. The maximum Gasteiger partial charge on any atom is 0.160 e. The number of aryl methyl sites for hydroxylation is 1. The van der Waals surface area contributed by atoms with E-state index in [0.29, 0.717) is 12.0 Å². The van der Waals surface area contributed by atoms with Crippen molar-refractivity contribution in [3.63, 3.8) is 0 Å². The van der Waals surface area contributed by atoms with Crippen LogP contribution in [-0.2, 0) is 0 Å². The topological polar surface area (TPSA) is 41.6 Å². The summed E-state index contributed by atoms with van der Waals surface area (Å²) in [6, 6.07) is 11.2. The van der Waals surface area contributed by atoms with Crippen LogP contribution in [0.15, 0.2) is 30.3 Å². The number of nitrogens with one attached hydrogen (secondary N) is 1. The van der Waals surface area contributed by atoms with E-state index in [-0.39, 0.29) is 5.78 Å². The van der Waals surface area contributed by atoms with E-state index in [9.17, 15) is 4.79 Å². The number of benzene rings is 2. The van der Waals surface area contributed by atoms with Crippen molar-refractivity contribution in [2.45, 2.75) is 38.6 Å². The molecule has 4 nitrogen and oxygen atoms in total. The Labute approximate surface area is 160 Å². The van der Waals surface area contributed by atoms with Gasteiger partial charge in [0.05, 0.1) is 12.3 Å². The third-order valence-corrected chi connectivity index (χ3v) is 6.30. The lowest BCUT2D eigenvalue weighted by atomic mass is 9.87. The molecule has 4 heteroatoms. The minimum absolute atomic E-state index is 0.111. The first-order valence-corrected chi connectivity index (χ1v) is 10.0. The Morgan fingerprint density at radius 1 is 1.26 bits per heavy atom. The van der Waals surface area contributed by atoms with E-state index in [1.165, 1.54) is 17.7 Å². The Balaban J connectivity index is 1.70. The summed E-state index contributed by atoms with van der Waals surface area (Å²) in [7, 11) is 0. The van der Waals surface area contributed by atoms with Crippen LogP contribution in [0.2, 0.25) is 0 Å². The molecule has 1 N–H and O–H groups in total. The van der Waals surface area contributed by atoms with Gasteiger partial charge in [0.2, 0.25) is 0 Å². The van der Waals surface area contributed by atoms with Gasteiger partial charge in [0.15, 0.2) is 5.78 Å². The SMILES string of the molecule is CC(=O)c1cc(C)ccc1-c1cc2c3c(c1)[C@@H]1CNCC[C@@H]1N3CCCO2. The van der Waals surface area contributed by atoms with Crippen LogP contribution in [0.25, 0.3) is 11.1 Å². The van der Waals surface area contributed by atoms with Crippen LogP contribution in [0, 0.1) is 6.92 Å². The van der Waals surface area contributed by atoms with Crippen molar-refractivity contribution in [1.29, 1.82) is 0 Å². The van der Waals surface area contributed by atoms with Gasteiger partial charge < -0.3 is 15.0 Å². The number of piperidine rings is 1. The lowest BCUT2D eigenvalue weighted by molar-refractivity contribution is 0.101. The number of hydrogen-bond donors (Lipinski definition) is 1. The molecule has 1 saturated heterocycles. The molecule has 5 rings (SSSR count). The molecule has 2 atom stereocenters. The molecule has 2 aromatic rings. The summed E-state index contributed by atoms with van der Waals surface area (Å²) in [5.41, 5.74) is 6.70. The fourth-order valence-corrected chi connectivity index (χ4v) is 5.08. The first kappa shape index (κ1) is 16.8. The highest BCUT2D eigenvalue weighted by Gasteiger charge is 2.42. The zero-order valence-corrected chi connectivity index (χ0v) is 16.0. The van der Waals surface area contributed by atoms with Gasteiger partial charge in [-0.05, 0) is 68.1 Å². The molecular weight excluding hydrogens is 336 g/mol. The lowest BCUT2D eigenvalue weighted by Crippen LogP contribution is -2.44. The number of rotatable bonds is 2. The largest absolute Gasteiger partial charge is 0.491 e. The van der Waals surface area contributed by atoms with Gasteiger partial charge in [-0.15, -0.1) is 0 Å². The number of anilines is 1. The van der Waals surface area contributed by atoms with E-state index in [2.05, 4.69) is 34.5 Å². The molecule has 0 amide bonds. The molecule has 2 aromatic carbocycles. The van der Waals surface area contributed by atoms with Crippen LogP contribution >= 0.6 is 0 Å². The van der Waals surface area contributed by atoms with E-state index in [1.54, 1.807) is 6.92 Å². The third-order valence-electron chi connectivity index (χ3n) is 6.30. The highest BCUT2D eigenvalue weighted by atomic mass is 16.5. The number of ketones is 1. The molecule has 3 heterocycles. The molecular formula is C23H26N2O2. The molecule has 0 aromatic heterocycles. The molecule has 0 bridgehead atoms. The standard InChI is InChI=1S/C23H26N2O2/c1-14-4-5-17(18(10-14)15(2)26)16-11-19-20-13-24-7-6-21(20)25-8-3-9-27-22(12-16)23(19)25/h4-5,10-12,20-21,24H,3,6-9,13H2,1-2H3/t20-,21-/m0/s1. The van der Waals surface area contributed by atoms with Gasteiger partial charge in [0, 0.05) is 30.6 Å². The second kappa shape index (κ2) is 6.38. The second-order valence-electron chi connectivity index (χ2n) is 8.08. The summed E-state index contributed by atoms with van der Waals surface area (Å²) >= 11 is 0. The highest BCUT2D eigenvalue weighted by Crippen LogP contribution is 2.51. The number of Topliss-reactive ketones (excluding diaryl/α,β-unsaturated/α-hetero) is 1. The minimum Gasteiger partial charge on any atom is -0.491 e. The van der Waals surface area contributed by atoms with Gasteiger partial charge in [-0.25, -0.2) is 0 Å². The summed E-state index contributed by atoms with van der Waals surface area (Å²) in [6.45, 7) is 7.62. The molecule has 0 radical (unpaired) electrons. The first-order valence-electron chi connectivity index (χ1n) is 10.0. The lowest BCUT2D eigenvalue weighted by Gasteiger charge is -2.33. The Kier molecular flexibility index (Phi) is 3.97. The molecule has 3 aliphatic rings. The van der Waals surface area contributed by atoms with Crippen molar-refractivity contribution < 1.29 is 9.53 Å². The van der Waals surface area contributed by atoms with Crippen molar-refractivity contribution >= 4 is 11.5 Å². The summed E-state index contributed by atoms with van der Waals surface area (Å²) < 4.78 is 6.18. The Morgan fingerprint density at radius 3 is 3.00 bits per heavy atom. The molecule has 0 unspecified atom stereocenters. The van der Waals surface area contributed by atoms with Gasteiger partial charge in [-0.3, -0.25) is 4.79 Å².